The molecule has 1 unspecified atom stereocenters. The molecular formula is C22H31IN4O. The molecule has 2 aromatic rings. The Bertz CT molecular complexity index is 789. The quantitative estimate of drug-likeness (QED) is 0.374. The van der Waals surface area contributed by atoms with Crippen LogP contribution in [0.4, 0.5) is 5.69 Å². The van der Waals surface area contributed by atoms with Gasteiger partial charge in [0.05, 0.1) is 19.3 Å². The lowest BCUT2D eigenvalue weighted by atomic mass is 10.1. The summed E-state index contributed by atoms with van der Waals surface area (Å²) in [7, 11) is 0. The number of aryl methyl sites for hydroxylation is 2. The second-order valence-corrected chi connectivity index (χ2v) is 7.44. The monoisotopic (exact) mass is 494 g/mol. The molecule has 0 bridgehead atoms. The van der Waals surface area contributed by atoms with Crippen LogP contribution in [0.15, 0.2) is 47.5 Å². The molecule has 6 heteroatoms. The van der Waals surface area contributed by atoms with Crippen LogP contribution in [0.2, 0.25) is 0 Å². The van der Waals surface area contributed by atoms with Crippen LogP contribution in [0.25, 0.3) is 0 Å². The summed E-state index contributed by atoms with van der Waals surface area (Å²) in [6.45, 7) is 10.6. The van der Waals surface area contributed by atoms with Gasteiger partial charge >= 0.3 is 0 Å². The zero-order valence-electron chi connectivity index (χ0n) is 16.9. The first kappa shape index (κ1) is 22.6. The van der Waals surface area contributed by atoms with E-state index in [0.29, 0.717) is 18.6 Å². The van der Waals surface area contributed by atoms with E-state index >= 15 is 0 Å². The van der Waals surface area contributed by atoms with E-state index in [9.17, 15) is 0 Å². The number of aliphatic imine (C=N–C) groups is 1. The molecule has 1 aliphatic heterocycles. The van der Waals surface area contributed by atoms with Crippen molar-refractivity contribution in [2.45, 2.75) is 40.0 Å². The van der Waals surface area contributed by atoms with Crippen LogP contribution in [0.5, 0.6) is 0 Å². The maximum Gasteiger partial charge on any atom is 0.193 e. The highest BCUT2D eigenvalue weighted by Gasteiger charge is 2.16. The number of hydrogen-bond acceptors (Lipinski definition) is 3. The molecule has 3 N–H and O–H groups in total. The SMILES string of the molecule is Cc1cc(C)cc(NC(N)=NCc2cccc(CN3CCOC(C)C3)c2)c1.I. The Hall–Kier alpha value is -1.64. The maximum atomic E-state index is 6.07. The number of benzene rings is 2. The average Bonchev–Trinajstić information content (AvgIpc) is 2.59. The number of nitrogens with zero attached hydrogens (tertiary/aromatic N) is 2. The largest absolute Gasteiger partial charge is 0.376 e. The highest BCUT2D eigenvalue weighted by Crippen LogP contribution is 2.14. The number of anilines is 1. The van der Waals surface area contributed by atoms with Crippen molar-refractivity contribution in [3.8, 4) is 0 Å². The minimum Gasteiger partial charge on any atom is -0.376 e. The lowest BCUT2D eigenvalue weighted by Crippen LogP contribution is -2.40. The van der Waals surface area contributed by atoms with Crippen molar-refractivity contribution >= 4 is 35.6 Å². The highest BCUT2D eigenvalue weighted by molar-refractivity contribution is 14.0. The standard InChI is InChI=1S/C22H30N4O.HI/c1-16-9-17(2)11-21(10-16)25-22(23)24-13-19-5-4-6-20(12-19)15-26-7-8-27-18(3)14-26;/h4-6,9-12,18H,7-8,13-15H2,1-3H3,(H3,23,24,25);1H. The van der Waals surface area contributed by atoms with Crippen LogP contribution in [0, 0.1) is 13.8 Å². The number of morpholine rings is 1. The Labute approximate surface area is 185 Å². The van der Waals surface area contributed by atoms with E-state index in [1.54, 1.807) is 0 Å². The number of rotatable bonds is 5. The van der Waals surface area contributed by atoms with Crippen molar-refractivity contribution in [1.82, 2.24) is 4.90 Å². The van der Waals surface area contributed by atoms with E-state index < -0.39 is 0 Å². The first-order valence-corrected chi connectivity index (χ1v) is 9.55. The molecule has 1 heterocycles. The van der Waals surface area contributed by atoms with E-state index in [2.05, 4.69) is 78.4 Å². The van der Waals surface area contributed by atoms with Crippen LogP contribution in [0.3, 0.4) is 0 Å². The van der Waals surface area contributed by atoms with Crippen molar-refractivity contribution in [1.29, 1.82) is 0 Å². The molecule has 0 amide bonds. The van der Waals surface area contributed by atoms with Crippen LogP contribution >= 0.6 is 24.0 Å². The number of nitrogens with one attached hydrogen (secondary N) is 1. The fourth-order valence-electron chi connectivity index (χ4n) is 3.53. The highest BCUT2D eigenvalue weighted by atomic mass is 127. The Kier molecular flexibility index (Phi) is 8.72. The lowest BCUT2D eigenvalue weighted by Gasteiger charge is -2.31. The van der Waals surface area contributed by atoms with Crippen LogP contribution < -0.4 is 11.1 Å². The molecule has 3 rings (SSSR count). The second-order valence-electron chi connectivity index (χ2n) is 7.44. The van der Waals surface area contributed by atoms with E-state index in [0.717, 1.165) is 31.9 Å². The molecule has 1 atom stereocenters. The van der Waals surface area contributed by atoms with Crippen LogP contribution in [0.1, 0.15) is 29.2 Å². The van der Waals surface area contributed by atoms with Gasteiger partial charge < -0.3 is 15.8 Å². The van der Waals surface area contributed by atoms with Crippen LogP contribution in [-0.2, 0) is 17.8 Å². The first-order valence-electron chi connectivity index (χ1n) is 9.55. The molecule has 1 aliphatic rings. The number of halogens is 1. The van der Waals surface area contributed by atoms with Gasteiger partial charge in [-0.15, -0.1) is 24.0 Å². The molecule has 0 aromatic heterocycles. The van der Waals surface area contributed by atoms with Crippen molar-refractivity contribution in [2.24, 2.45) is 10.7 Å². The predicted octanol–water partition coefficient (Wildman–Crippen LogP) is 4.07. The number of guanidine groups is 1. The van der Waals surface area contributed by atoms with Gasteiger partial charge in [-0.2, -0.15) is 0 Å². The number of nitrogens with two attached hydrogens (primary N) is 1. The summed E-state index contributed by atoms with van der Waals surface area (Å²) in [6, 6.07) is 14.9. The average molecular weight is 494 g/mol. The third-order valence-corrected chi connectivity index (χ3v) is 4.65. The summed E-state index contributed by atoms with van der Waals surface area (Å²) in [4.78, 5) is 6.94. The molecule has 28 heavy (non-hydrogen) atoms. The summed E-state index contributed by atoms with van der Waals surface area (Å²) in [5.74, 6) is 0.437. The van der Waals surface area contributed by atoms with Crippen molar-refractivity contribution in [3.63, 3.8) is 0 Å². The number of hydrogen-bond donors (Lipinski definition) is 2. The molecular weight excluding hydrogens is 463 g/mol. The van der Waals surface area contributed by atoms with Crippen LogP contribution in [-0.4, -0.2) is 36.7 Å². The summed E-state index contributed by atoms with van der Waals surface area (Å²) in [5, 5.41) is 3.18. The maximum absolute atomic E-state index is 6.07. The Morgan fingerprint density at radius 3 is 2.61 bits per heavy atom. The summed E-state index contributed by atoms with van der Waals surface area (Å²) in [5.41, 5.74) is 11.9. The van der Waals surface area contributed by atoms with Gasteiger partial charge in [-0.1, -0.05) is 30.3 Å². The van der Waals surface area contributed by atoms with Gasteiger partial charge in [0.15, 0.2) is 5.96 Å². The molecule has 0 saturated carbocycles. The van der Waals surface area contributed by atoms with E-state index in [1.807, 2.05) is 0 Å². The van der Waals surface area contributed by atoms with Gasteiger partial charge in [0.1, 0.15) is 0 Å². The Morgan fingerprint density at radius 2 is 1.89 bits per heavy atom. The van der Waals surface area contributed by atoms with E-state index in [-0.39, 0.29) is 24.0 Å². The third-order valence-electron chi connectivity index (χ3n) is 4.65. The van der Waals surface area contributed by atoms with Gasteiger partial charge in [-0.3, -0.25) is 4.90 Å². The minimum atomic E-state index is 0. The summed E-state index contributed by atoms with van der Waals surface area (Å²) in [6.07, 6.45) is 0.308. The van der Waals surface area contributed by atoms with Crippen molar-refractivity contribution in [2.75, 3.05) is 25.0 Å². The molecule has 2 aromatic carbocycles. The number of ether oxygens (including phenoxy) is 1. The Balaban J connectivity index is 0.00000280. The van der Waals surface area contributed by atoms with Gasteiger partial charge in [-0.05, 0) is 55.2 Å². The molecule has 1 fully saturated rings. The van der Waals surface area contributed by atoms with E-state index in [4.69, 9.17) is 10.5 Å². The van der Waals surface area contributed by atoms with Gasteiger partial charge in [0.25, 0.3) is 0 Å². The zero-order valence-corrected chi connectivity index (χ0v) is 19.3. The predicted molar refractivity (Wildman–Crippen MR) is 127 cm³/mol. The summed E-state index contributed by atoms with van der Waals surface area (Å²) < 4.78 is 5.62. The summed E-state index contributed by atoms with van der Waals surface area (Å²) >= 11 is 0. The lowest BCUT2D eigenvalue weighted by molar-refractivity contribution is -0.0212. The molecule has 0 radical (unpaired) electrons. The third kappa shape index (κ3) is 7.07. The minimum absolute atomic E-state index is 0. The molecule has 0 aliphatic carbocycles. The fourth-order valence-corrected chi connectivity index (χ4v) is 3.53. The molecule has 1 saturated heterocycles. The smallest absolute Gasteiger partial charge is 0.193 e. The molecule has 0 spiro atoms. The van der Waals surface area contributed by atoms with Gasteiger partial charge in [0, 0.05) is 25.3 Å². The molecule has 152 valence electrons. The fraction of sp³-hybridized carbons (Fsp3) is 0.409. The second kappa shape index (κ2) is 10.8. The van der Waals surface area contributed by atoms with Gasteiger partial charge in [0.2, 0.25) is 0 Å². The topological polar surface area (TPSA) is 62.9 Å². The van der Waals surface area contributed by atoms with Gasteiger partial charge in [-0.25, -0.2) is 4.99 Å². The Morgan fingerprint density at radius 1 is 1.18 bits per heavy atom. The molecule has 5 nitrogen and oxygen atoms in total. The van der Waals surface area contributed by atoms with E-state index in [1.165, 1.54) is 22.3 Å². The first-order chi connectivity index (χ1) is 13.0. The zero-order chi connectivity index (χ0) is 19.2. The normalized spacial score (nSPS) is 17.8. The van der Waals surface area contributed by atoms with Crippen molar-refractivity contribution < 1.29 is 4.74 Å². The van der Waals surface area contributed by atoms with Crippen molar-refractivity contribution in [3.05, 3.63) is 64.7 Å².